The van der Waals surface area contributed by atoms with Crippen LogP contribution in [0.2, 0.25) is 0 Å². The summed E-state index contributed by atoms with van der Waals surface area (Å²) < 4.78 is 10.5. The maximum atomic E-state index is 5.38. The van der Waals surface area contributed by atoms with E-state index in [0.29, 0.717) is 16.6 Å². The van der Waals surface area contributed by atoms with Crippen LogP contribution in [0.15, 0.2) is 18.2 Å². The van der Waals surface area contributed by atoms with Gasteiger partial charge in [0.25, 0.3) is 0 Å². The van der Waals surface area contributed by atoms with Crippen LogP contribution in [0.5, 0.6) is 11.5 Å². The number of rotatable bonds is 7. The third-order valence-electron chi connectivity index (χ3n) is 4.52. The van der Waals surface area contributed by atoms with Crippen molar-refractivity contribution in [3.8, 4) is 11.5 Å². The highest BCUT2D eigenvalue weighted by Gasteiger charge is 2.20. The first-order valence-electron chi connectivity index (χ1n) is 9.01. The van der Waals surface area contributed by atoms with Gasteiger partial charge in [-0.05, 0) is 55.6 Å². The van der Waals surface area contributed by atoms with Gasteiger partial charge in [-0.3, -0.25) is 0 Å². The van der Waals surface area contributed by atoms with E-state index in [-0.39, 0.29) is 0 Å². The van der Waals surface area contributed by atoms with Crippen LogP contribution >= 0.6 is 12.2 Å². The van der Waals surface area contributed by atoms with Crippen molar-refractivity contribution in [1.82, 2.24) is 10.2 Å². The summed E-state index contributed by atoms with van der Waals surface area (Å²) in [7, 11) is 3.25. The Morgan fingerprint density at radius 1 is 1.16 bits per heavy atom. The van der Waals surface area contributed by atoms with Gasteiger partial charge in [-0.25, -0.2) is 0 Å². The van der Waals surface area contributed by atoms with E-state index in [0.717, 1.165) is 37.0 Å². The Hall–Kier alpha value is -1.53. The van der Waals surface area contributed by atoms with Crippen molar-refractivity contribution in [2.45, 2.75) is 26.7 Å². The van der Waals surface area contributed by atoms with Gasteiger partial charge in [0.05, 0.1) is 14.2 Å². The Balaban J connectivity index is 1.70. The van der Waals surface area contributed by atoms with Crippen molar-refractivity contribution in [1.29, 1.82) is 0 Å². The lowest BCUT2D eigenvalue weighted by atomic mass is 9.92. The molecule has 0 aromatic heterocycles. The van der Waals surface area contributed by atoms with Crippen molar-refractivity contribution in [3.05, 3.63) is 18.2 Å². The minimum atomic E-state index is 0.632. The monoisotopic (exact) mass is 365 g/mol. The molecule has 0 radical (unpaired) electrons. The maximum Gasteiger partial charge on any atom is 0.170 e. The van der Waals surface area contributed by atoms with Gasteiger partial charge in [-0.1, -0.05) is 13.8 Å². The third kappa shape index (κ3) is 6.36. The number of likely N-dealkylation sites (tertiary alicyclic amines) is 1. The van der Waals surface area contributed by atoms with Crippen LogP contribution in [-0.4, -0.2) is 50.4 Å². The van der Waals surface area contributed by atoms with Gasteiger partial charge in [0, 0.05) is 31.4 Å². The second-order valence-electron chi connectivity index (χ2n) is 7.01. The summed E-state index contributed by atoms with van der Waals surface area (Å²) in [4.78, 5) is 2.57. The van der Waals surface area contributed by atoms with Crippen LogP contribution in [0, 0.1) is 11.8 Å². The molecule has 1 fully saturated rings. The van der Waals surface area contributed by atoms with Gasteiger partial charge in [0.1, 0.15) is 0 Å². The van der Waals surface area contributed by atoms with Crippen LogP contribution in [0.3, 0.4) is 0 Å². The molecule has 2 atom stereocenters. The Bertz CT molecular complexity index is 558. The number of hydrogen-bond acceptors (Lipinski definition) is 4. The van der Waals surface area contributed by atoms with E-state index in [1.54, 1.807) is 14.2 Å². The topological polar surface area (TPSA) is 45.8 Å². The summed E-state index contributed by atoms with van der Waals surface area (Å²) in [5, 5.41) is 7.10. The van der Waals surface area contributed by atoms with E-state index in [4.69, 9.17) is 21.7 Å². The highest BCUT2D eigenvalue weighted by Crippen LogP contribution is 2.29. The molecule has 1 aliphatic rings. The molecule has 1 aromatic carbocycles. The first-order valence-corrected chi connectivity index (χ1v) is 9.42. The maximum absolute atomic E-state index is 5.38. The van der Waals surface area contributed by atoms with Crippen LogP contribution in [0.25, 0.3) is 0 Å². The summed E-state index contributed by atoms with van der Waals surface area (Å²) in [6, 6.07) is 5.66. The van der Waals surface area contributed by atoms with Crippen LogP contribution in [-0.2, 0) is 0 Å². The fourth-order valence-electron chi connectivity index (χ4n) is 3.57. The summed E-state index contributed by atoms with van der Waals surface area (Å²) in [6.45, 7) is 9.14. The van der Waals surface area contributed by atoms with Gasteiger partial charge in [0.15, 0.2) is 16.6 Å². The number of hydrogen-bond donors (Lipinski definition) is 2. The number of ether oxygens (including phenoxy) is 2. The highest BCUT2D eigenvalue weighted by molar-refractivity contribution is 7.80. The molecule has 0 bridgehead atoms. The van der Waals surface area contributed by atoms with Crippen molar-refractivity contribution in [2.75, 3.05) is 45.7 Å². The molecule has 0 spiro atoms. The van der Waals surface area contributed by atoms with E-state index in [9.17, 15) is 0 Å². The summed E-state index contributed by atoms with van der Waals surface area (Å²) in [6.07, 6.45) is 2.45. The lowest BCUT2D eigenvalue weighted by Crippen LogP contribution is -2.40. The average Bonchev–Trinajstić information content (AvgIpc) is 2.57. The molecule has 0 amide bonds. The summed E-state index contributed by atoms with van der Waals surface area (Å²) in [5.41, 5.74) is 0.883. The molecular weight excluding hydrogens is 334 g/mol. The number of piperidine rings is 1. The van der Waals surface area contributed by atoms with Crippen LogP contribution in [0.4, 0.5) is 5.69 Å². The summed E-state index contributed by atoms with van der Waals surface area (Å²) >= 11 is 5.38. The quantitative estimate of drug-likeness (QED) is 0.571. The molecule has 1 heterocycles. The normalized spacial score (nSPS) is 20.8. The largest absolute Gasteiger partial charge is 0.493 e. The minimum absolute atomic E-state index is 0.632. The Morgan fingerprint density at radius 2 is 1.84 bits per heavy atom. The van der Waals surface area contributed by atoms with Crippen molar-refractivity contribution in [2.24, 2.45) is 11.8 Å². The zero-order chi connectivity index (χ0) is 18.2. The van der Waals surface area contributed by atoms with Crippen LogP contribution < -0.4 is 20.1 Å². The molecule has 0 aliphatic carbocycles. The van der Waals surface area contributed by atoms with E-state index in [1.165, 1.54) is 19.5 Å². The van der Waals surface area contributed by atoms with Gasteiger partial charge < -0.3 is 25.0 Å². The minimum Gasteiger partial charge on any atom is -0.493 e. The number of thiocarbonyl (C=S) groups is 1. The predicted octanol–water partition coefficient (Wildman–Crippen LogP) is 3.36. The van der Waals surface area contributed by atoms with Crippen LogP contribution in [0.1, 0.15) is 26.7 Å². The molecule has 25 heavy (non-hydrogen) atoms. The average molecular weight is 366 g/mol. The van der Waals surface area contributed by atoms with E-state index >= 15 is 0 Å². The SMILES string of the molecule is COc1ccc(NC(=S)NCCCN2C[C@H](C)C[C@@H](C)C2)cc1OC. The van der Waals surface area contributed by atoms with E-state index in [1.807, 2.05) is 18.2 Å². The number of benzene rings is 1. The first-order chi connectivity index (χ1) is 12.0. The Morgan fingerprint density at radius 3 is 2.48 bits per heavy atom. The Kier molecular flexibility index (Phi) is 7.78. The molecule has 0 saturated carbocycles. The number of anilines is 1. The van der Waals surface area contributed by atoms with Gasteiger partial charge >= 0.3 is 0 Å². The molecule has 2 rings (SSSR count). The second kappa shape index (κ2) is 9.82. The van der Waals surface area contributed by atoms with Crippen molar-refractivity contribution < 1.29 is 9.47 Å². The second-order valence-corrected chi connectivity index (χ2v) is 7.42. The fourth-order valence-corrected chi connectivity index (χ4v) is 3.79. The molecule has 2 N–H and O–H groups in total. The zero-order valence-electron chi connectivity index (χ0n) is 15.8. The standard InChI is InChI=1S/C19H31N3O2S/c1-14-10-15(2)13-22(12-14)9-5-8-20-19(25)21-16-6-7-17(23-3)18(11-16)24-4/h6-7,11,14-15H,5,8-10,12-13H2,1-4H3,(H2,20,21,25)/t14-,15-/m1/s1. The smallest absolute Gasteiger partial charge is 0.170 e. The Labute approximate surface area is 157 Å². The zero-order valence-corrected chi connectivity index (χ0v) is 16.6. The first kappa shape index (κ1) is 19.8. The molecule has 140 valence electrons. The van der Waals surface area contributed by atoms with Gasteiger partial charge in [-0.2, -0.15) is 0 Å². The van der Waals surface area contributed by atoms with Crippen molar-refractivity contribution in [3.63, 3.8) is 0 Å². The molecule has 1 aromatic rings. The molecule has 6 heteroatoms. The number of nitrogens with one attached hydrogen (secondary N) is 2. The molecule has 1 saturated heterocycles. The third-order valence-corrected chi connectivity index (χ3v) is 4.77. The van der Waals surface area contributed by atoms with Crippen molar-refractivity contribution >= 4 is 23.0 Å². The molecule has 0 unspecified atom stereocenters. The summed E-state index contributed by atoms with van der Waals surface area (Å²) in [5.74, 6) is 3.01. The lowest BCUT2D eigenvalue weighted by molar-refractivity contribution is 0.140. The predicted molar refractivity (Wildman–Crippen MR) is 108 cm³/mol. The highest BCUT2D eigenvalue weighted by atomic mass is 32.1. The lowest BCUT2D eigenvalue weighted by Gasteiger charge is -2.35. The van der Waals surface area contributed by atoms with Gasteiger partial charge in [-0.15, -0.1) is 0 Å². The molecule has 5 nitrogen and oxygen atoms in total. The molecular formula is C19H31N3O2S. The van der Waals surface area contributed by atoms with Gasteiger partial charge in [0.2, 0.25) is 0 Å². The number of nitrogens with zero attached hydrogens (tertiary/aromatic N) is 1. The molecule has 1 aliphatic heterocycles. The fraction of sp³-hybridized carbons (Fsp3) is 0.632. The van der Waals surface area contributed by atoms with E-state index < -0.39 is 0 Å². The number of methoxy groups -OCH3 is 2. The van der Waals surface area contributed by atoms with E-state index in [2.05, 4.69) is 29.4 Å².